The highest BCUT2D eigenvalue weighted by Gasteiger charge is 2.40. The molecule has 6 nitrogen and oxygen atoms in total. The first kappa shape index (κ1) is 23.7. The van der Waals surface area contributed by atoms with Crippen molar-refractivity contribution < 1.29 is 36.7 Å². The Labute approximate surface area is 194 Å². The summed E-state index contributed by atoms with van der Waals surface area (Å²) in [4.78, 5) is 25.6. The number of esters is 1. The van der Waals surface area contributed by atoms with E-state index in [1.807, 2.05) is 0 Å². The van der Waals surface area contributed by atoms with Gasteiger partial charge in [0.15, 0.2) is 5.78 Å². The van der Waals surface area contributed by atoms with Crippen molar-refractivity contribution in [3.05, 3.63) is 76.0 Å². The highest BCUT2D eigenvalue weighted by Crippen LogP contribution is 2.43. The number of benzene rings is 1. The van der Waals surface area contributed by atoms with Crippen molar-refractivity contribution in [1.29, 1.82) is 0 Å². The minimum atomic E-state index is -4.47. The minimum absolute atomic E-state index is 0.0463. The average Bonchev–Trinajstić information content (AvgIpc) is 3.25. The van der Waals surface area contributed by atoms with Crippen LogP contribution in [0.2, 0.25) is 0 Å². The molecule has 1 aliphatic heterocycles. The van der Waals surface area contributed by atoms with E-state index in [-0.39, 0.29) is 24.7 Å². The number of carbonyl (C=O) groups is 2. The van der Waals surface area contributed by atoms with Gasteiger partial charge in [-0.3, -0.25) is 4.79 Å². The molecule has 1 aliphatic carbocycles. The largest absolute Gasteiger partial charge is 0.486 e. The first-order valence-corrected chi connectivity index (χ1v) is 11.0. The number of nitrogens with one attached hydrogen (secondary N) is 1. The highest BCUT2D eigenvalue weighted by atomic mass is 19.4. The molecule has 0 spiro atoms. The molecule has 0 bridgehead atoms. The Bertz CT molecular complexity index is 1180. The molecule has 0 fully saturated rings. The summed E-state index contributed by atoms with van der Waals surface area (Å²) in [6.07, 6.45) is -2.71. The molecule has 9 heteroatoms. The van der Waals surface area contributed by atoms with Gasteiger partial charge in [0.1, 0.15) is 23.9 Å². The Kier molecular flexibility index (Phi) is 6.54. The summed E-state index contributed by atoms with van der Waals surface area (Å²) in [7, 11) is 0. The molecule has 180 valence electrons. The van der Waals surface area contributed by atoms with E-state index in [0.29, 0.717) is 47.6 Å². The third-order valence-electron chi connectivity index (χ3n) is 5.78. The number of allylic oxidation sites excluding steroid dienone is 3. The molecule has 2 aromatic rings. The van der Waals surface area contributed by atoms with Crippen LogP contribution in [0.3, 0.4) is 0 Å². The second kappa shape index (κ2) is 9.40. The lowest BCUT2D eigenvalue weighted by Gasteiger charge is -2.32. The lowest BCUT2D eigenvalue weighted by atomic mass is 9.77. The van der Waals surface area contributed by atoms with Crippen LogP contribution in [0.5, 0.6) is 5.75 Å². The predicted octanol–water partition coefficient (Wildman–Crippen LogP) is 5.41. The Hall–Kier alpha value is -3.49. The number of ketones is 1. The molecule has 34 heavy (non-hydrogen) atoms. The van der Waals surface area contributed by atoms with Crippen LogP contribution in [0.4, 0.5) is 13.2 Å². The number of dihydropyridines is 1. The van der Waals surface area contributed by atoms with Crippen molar-refractivity contribution >= 4 is 11.8 Å². The van der Waals surface area contributed by atoms with Gasteiger partial charge >= 0.3 is 12.1 Å². The molecule has 0 saturated heterocycles. The van der Waals surface area contributed by atoms with Gasteiger partial charge in [0.05, 0.1) is 23.7 Å². The van der Waals surface area contributed by atoms with Crippen LogP contribution in [-0.2, 0) is 27.1 Å². The maximum absolute atomic E-state index is 12.9. The Morgan fingerprint density at radius 3 is 2.74 bits per heavy atom. The first-order valence-electron chi connectivity index (χ1n) is 11.0. The van der Waals surface area contributed by atoms with Crippen molar-refractivity contribution in [3.63, 3.8) is 0 Å². The third kappa shape index (κ3) is 4.73. The molecule has 0 amide bonds. The van der Waals surface area contributed by atoms with Crippen molar-refractivity contribution in [1.82, 2.24) is 5.32 Å². The van der Waals surface area contributed by atoms with E-state index >= 15 is 0 Å². The topological polar surface area (TPSA) is 77.8 Å². The number of alkyl halides is 3. The SMILES string of the molecule is CCOC(=O)C1=C(C)NC2=C(C(=O)CCC2)[C@H]1c1ccc(COc2cccc(C(F)(F)F)c2)o1. The molecule has 4 rings (SSSR count). The fraction of sp³-hybridized carbons (Fsp3) is 0.360. The van der Waals surface area contributed by atoms with Gasteiger partial charge in [-0.25, -0.2) is 4.79 Å². The van der Waals surface area contributed by atoms with Gasteiger partial charge < -0.3 is 19.2 Å². The zero-order chi connectivity index (χ0) is 24.5. The first-order chi connectivity index (χ1) is 16.2. The number of hydrogen-bond donors (Lipinski definition) is 1. The van der Waals surface area contributed by atoms with Crippen LogP contribution in [0.15, 0.2) is 63.4 Å². The zero-order valence-electron chi connectivity index (χ0n) is 18.8. The summed E-state index contributed by atoms with van der Waals surface area (Å²) in [5.74, 6) is -0.575. The van der Waals surface area contributed by atoms with Crippen LogP contribution in [-0.4, -0.2) is 18.4 Å². The van der Waals surface area contributed by atoms with Crippen LogP contribution < -0.4 is 10.1 Å². The number of hydrogen-bond acceptors (Lipinski definition) is 6. The monoisotopic (exact) mass is 475 g/mol. The Morgan fingerprint density at radius 2 is 2.00 bits per heavy atom. The second-order valence-corrected chi connectivity index (χ2v) is 8.10. The Balaban J connectivity index is 1.62. The summed E-state index contributed by atoms with van der Waals surface area (Å²) in [5, 5.41) is 3.19. The molecular formula is C25H24F3NO5. The quantitative estimate of drug-likeness (QED) is 0.563. The van der Waals surface area contributed by atoms with Crippen LogP contribution in [0, 0.1) is 0 Å². The maximum atomic E-state index is 12.9. The summed E-state index contributed by atoms with van der Waals surface area (Å²) >= 11 is 0. The lowest BCUT2D eigenvalue weighted by Crippen LogP contribution is -2.34. The summed E-state index contributed by atoms with van der Waals surface area (Å²) < 4.78 is 55.5. The van der Waals surface area contributed by atoms with E-state index < -0.39 is 23.6 Å². The van der Waals surface area contributed by atoms with Gasteiger partial charge in [0.2, 0.25) is 0 Å². The van der Waals surface area contributed by atoms with Crippen molar-refractivity contribution in [3.8, 4) is 5.75 Å². The number of Topliss-reactive ketones (excluding diaryl/α,β-unsaturated/α-hetero) is 1. The smallest absolute Gasteiger partial charge is 0.416 e. The molecule has 0 radical (unpaired) electrons. The summed E-state index contributed by atoms with van der Waals surface area (Å²) in [5.41, 5.74) is 1.34. The summed E-state index contributed by atoms with van der Waals surface area (Å²) in [6, 6.07) is 7.85. The van der Waals surface area contributed by atoms with Crippen molar-refractivity contribution in [2.24, 2.45) is 0 Å². The standard InChI is InChI=1S/C25H24F3NO5/c1-3-32-24(31)21-14(2)29-18-8-5-9-19(30)22(18)23(21)20-11-10-17(34-20)13-33-16-7-4-6-15(12-16)25(26,27)28/h4,6-7,10-12,23,29H,3,5,8-9,13H2,1-2H3/t23-/m0/s1. The fourth-order valence-electron chi connectivity index (χ4n) is 4.29. The van der Waals surface area contributed by atoms with Gasteiger partial charge in [-0.05, 0) is 57.0 Å². The fourth-order valence-corrected chi connectivity index (χ4v) is 4.29. The number of furan rings is 1. The molecule has 2 heterocycles. The van der Waals surface area contributed by atoms with E-state index in [1.54, 1.807) is 26.0 Å². The van der Waals surface area contributed by atoms with E-state index in [0.717, 1.165) is 17.8 Å². The second-order valence-electron chi connectivity index (χ2n) is 8.10. The van der Waals surface area contributed by atoms with Gasteiger partial charge in [0.25, 0.3) is 0 Å². The molecule has 2 aliphatic rings. The molecule has 0 unspecified atom stereocenters. The molecular weight excluding hydrogens is 451 g/mol. The third-order valence-corrected chi connectivity index (χ3v) is 5.78. The molecule has 1 aromatic carbocycles. The highest BCUT2D eigenvalue weighted by molar-refractivity contribution is 6.03. The van der Waals surface area contributed by atoms with Crippen molar-refractivity contribution in [2.45, 2.75) is 51.8 Å². The van der Waals surface area contributed by atoms with Crippen LogP contribution in [0.1, 0.15) is 56.1 Å². The normalized spacial score (nSPS) is 18.5. The van der Waals surface area contributed by atoms with Gasteiger partial charge in [0, 0.05) is 23.4 Å². The number of rotatable bonds is 6. The molecule has 1 N–H and O–H groups in total. The Morgan fingerprint density at radius 1 is 1.21 bits per heavy atom. The number of halogens is 3. The molecule has 1 atom stereocenters. The van der Waals surface area contributed by atoms with E-state index in [1.165, 1.54) is 12.1 Å². The maximum Gasteiger partial charge on any atom is 0.416 e. The van der Waals surface area contributed by atoms with E-state index in [9.17, 15) is 22.8 Å². The van der Waals surface area contributed by atoms with Crippen molar-refractivity contribution in [2.75, 3.05) is 6.61 Å². The lowest BCUT2D eigenvalue weighted by molar-refractivity contribution is -0.139. The molecule has 1 aromatic heterocycles. The van der Waals surface area contributed by atoms with Gasteiger partial charge in [-0.1, -0.05) is 6.07 Å². The van der Waals surface area contributed by atoms with Gasteiger partial charge in [-0.2, -0.15) is 13.2 Å². The average molecular weight is 475 g/mol. The predicted molar refractivity (Wildman–Crippen MR) is 116 cm³/mol. The number of ether oxygens (including phenoxy) is 2. The number of carbonyl (C=O) groups excluding carboxylic acids is 2. The van der Waals surface area contributed by atoms with E-state index in [2.05, 4.69) is 5.32 Å². The summed E-state index contributed by atoms with van der Waals surface area (Å²) in [6.45, 7) is 3.51. The van der Waals surface area contributed by atoms with Gasteiger partial charge in [-0.15, -0.1) is 0 Å². The van der Waals surface area contributed by atoms with E-state index in [4.69, 9.17) is 13.9 Å². The minimum Gasteiger partial charge on any atom is -0.486 e. The zero-order valence-corrected chi connectivity index (χ0v) is 18.8. The van der Waals surface area contributed by atoms with Crippen LogP contribution in [0.25, 0.3) is 0 Å². The molecule has 0 saturated carbocycles. The van der Waals surface area contributed by atoms with Crippen LogP contribution >= 0.6 is 0 Å².